The van der Waals surface area contributed by atoms with Crippen molar-refractivity contribution in [3.63, 3.8) is 0 Å². The highest BCUT2D eigenvalue weighted by molar-refractivity contribution is 7.11. The molecule has 1 aliphatic rings. The lowest BCUT2D eigenvalue weighted by molar-refractivity contribution is 1.22. The maximum atomic E-state index is 2.26. The Kier molecular flexibility index (Phi) is 1.64. The third kappa shape index (κ3) is 1.18. The van der Waals surface area contributed by atoms with Crippen LogP contribution in [0.25, 0.3) is 12.2 Å². The topological polar surface area (TPSA) is 0 Å². The molecule has 2 aromatic heterocycles. The zero-order chi connectivity index (χ0) is 8.67. The number of thiophene rings is 2. The lowest BCUT2D eigenvalue weighted by Crippen LogP contribution is -1.84. The van der Waals surface area contributed by atoms with Gasteiger partial charge in [0.15, 0.2) is 0 Å². The van der Waals surface area contributed by atoms with Crippen LogP contribution in [0.4, 0.5) is 0 Å². The van der Waals surface area contributed by atoms with Crippen LogP contribution < -0.4 is 0 Å². The highest BCUT2D eigenvalue weighted by Crippen LogP contribution is 2.29. The first kappa shape index (κ1) is 7.54. The summed E-state index contributed by atoms with van der Waals surface area (Å²) in [4.78, 5) is 1.42. The highest BCUT2D eigenvalue weighted by Gasteiger charge is 2.09. The first-order chi connectivity index (χ1) is 6.43. The van der Waals surface area contributed by atoms with Gasteiger partial charge in [0.1, 0.15) is 0 Å². The van der Waals surface area contributed by atoms with E-state index in [1.54, 1.807) is 11.3 Å². The minimum absolute atomic E-state index is 1.10. The van der Waals surface area contributed by atoms with Crippen LogP contribution >= 0.6 is 22.7 Å². The van der Waals surface area contributed by atoms with Gasteiger partial charge in [0, 0.05) is 11.3 Å². The molecule has 2 heteroatoms. The molecule has 2 aromatic rings. The van der Waals surface area contributed by atoms with Crippen LogP contribution in [0.15, 0.2) is 22.2 Å². The largest absolute Gasteiger partial charge is 0.151 e. The van der Waals surface area contributed by atoms with Gasteiger partial charge in [0.2, 0.25) is 0 Å². The fraction of sp³-hybridized carbons (Fsp3) is 0.0909. The summed E-state index contributed by atoms with van der Waals surface area (Å²) in [6.45, 7) is 0. The molecular weight excluding hydrogens is 196 g/mol. The molecule has 3 rings (SSSR count). The molecule has 0 spiro atoms. The summed E-state index contributed by atoms with van der Waals surface area (Å²) in [5.74, 6) is 0. The Balaban J connectivity index is 2.20. The Bertz CT molecular complexity index is 418. The predicted octanol–water partition coefficient (Wildman–Crippen LogP) is 3.88. The van der Waals surface area contributed by atoms with Crippen molar-refractivity contribution in [2.45, 2.75) is 6.42 Å². The number of fused-ring (bicyclic) bond motifs is 2. The molecule has 0 N–H and O–H groups in total. The average molecular weight is 204 g/mol. The molecule has 0 amide bonds. The van der Waals surface area contributed by atoms with Crippen molar-refractivity contribution in [3.05, 3.63) is 43.8 Å². The molecule has 0 saturated carbocycles. The fourth-order valence-corrected chi connectivity index (χ4v) is 3.28. The van der Waals surface area contributed by atoms with Crippen LogP contribution in [0.1, 0.15) is 21.6 Å². The molecule has 13 heavy (non-hydrogen) atoms. The van der Waals surface area contributed by atoms with Crippen LogP contribution in [-0.4, -0.2) is 0 Å². The van der Waals surface area contributed by atoms with Gasteiger partial charge >= 0.3 is 0 Å². The molecule has 0 fully saturated rings. The van der Waals surface area contributed by atoms with E-state index in [-0.39, 0.29) is 0 Å². The monoisotopic (exact) mass is 204 g/mol. The summed E-state index contributed by atoms with van der Waals surface area (Å²) in [5.41, 5.74) is 4.34. The SMILES string of the molecule is C1=Cc2sccc2Cc2cscc21. The van der Waals surface area contributed by atoms with E-state index < -0.39 is 0 Å². The summed E-state index contributed by atoms with van der Waals surface area (Å²) >= 11 is 3.62. The van der Waals surface area contributed by atoms with E-state index in [0.29, 0.717) is 0 Å². The number of hydrogen-bond donors (Lipinski definition) is 0. The summed E-state index contributed by atoms with van der Waals surface area (Å²) in [6.07, 6.45) is 5.57. The van der Waals surface area contributed by atoms with Crippen molar-refractivity contribution < 1.29 is 0 Å². The Morgan fingerprint density at radius 3 is 3.08 bits per heavy atom. The summed E-state index contributed by atoms with van der Waals surface area (Å²) in [7, 11) is 0. The molecule has 0 nitrogen and oxygen atoms in total. The van der Waals surface area contributed by atoms with Gasteiger partial charge < -0.3 is 0 Å². The summed E-state index contributed by atoms with van der Waals surface area (Å²) in [5, 5.41) is 6.65. The van der Waals surface area contributed by atoms with Crippen molar-refractivity contribution in [3.8, 4) is 0 Å². The van der Waals surface area contributed by atoms with Gasteiger partial charge in [-0.1, -0.05) is 6.08 Å². The third-order valence-electron chi connectivity index (χ3n) is 2.35. The van der Waals surface area contributed by atoms with Crippen LogP contribution in [0.5, 0.6) is 0 Å². The van der Waals surface area contributed by atoms with Crippen molar-refractivity contribution in [2.75, 3.05) is 0 Å². The van der Waals surface area contributed by atoms with Crippen LogP contribution in [0.2, 0.25) is 0 Å². The predicted molar refractivity (Wildman–Crippen MR) is 60.4 cm³/mol. The molecule has 0 aromatic carbocycles. The second-order valence-electron chi connectivity index (χ2n) is 3.17. The zero-order valence-electron chi connectivity index (χ0n) is 6.99. The van der Waals surface area contributed by atoms with Crippen molar-refractivity contribution >= 4 is 34.8 Å². The molecule has 2 heterocycles. The first-order valence-electron chi connectivity index (χ1n) is 4.23. The summed E-state index contributed by atoms with van der Waals surface area (Å²) < 4.78 is 0. The van der Waals surface area contributed by atoms with Gasteiger partial charge in [-0.3, -0.25) is 0 Å². The Hall–Kier alpha value is -0.860. The van der Waals surface area contributed by atoms with E-state index in [4.69, 9.17) is 0 Å². The van der Waals surface area contributed by atoms with Crippen LogP contribution in [0, 0.1) is 0 Å². The van der Waals surface area contributed by atoms with E-state index in [2.05, 4.69) is 34.4 Å². The second-order valence-corrected chi connectivity index (χ2v) is 4.86. The van der Waals surface area contributed by atoms with E-state index in [1.165, 1.54) is 21.6 Å². The van der Waals surface area contributed by atoms with E-state index in [0.717, 1.165) is 6.42 Å². The third-order valence-corrected chi connectivity index (χ3v) is 4.09. The summed E-state index contributed by atoms with van der Waals surface area (Å²) in [6, 6.07) is 2.23. The number of hydrogen-bond acceptors (Lipinski definition) is 2. The van der Waals surface area contributed by atoms with Crippen molar-refractivity contribution in [1.29, 1.82) is 0 Å². The Labute approximate surface area is 85.2 Å². The minimum Gasteiger partial charge on any atom is -0.151 e. The molecule has 0 unspecified atom stereocenters. The molecule has 1 aliphatic carbocycles. The van der Waals surface area contributed by atoms with Crippen LogP contribution in [0.3, 0.4) is 0 Å². The van der Waals surface area contributed by atoms with Gasteiger partial charge in [0.05, 0.1) is 0 Å². The van der Waals surface area contributed by atoms with Gasteiger partial charge in [-0.05, 0) is 45.0 Å². The van der Waals surface area contributed by atoms with Gasteiger partial charge in [0.25, 0.3) is 0 Å². The van der Waals surface area contributed by atoms with E-state index >= 15 is 0 Å². The van der Waals surface area contributed by atoms with Gasteiger partial charge in [-0.15, -0.1) is 11.3 Å². The fourth-order valence-electron chi connectivity index (χ4n) is 1.63. The lowest BCUT2D eigenvalue weighted by Gasteiger charge is -1.95. The Morgan fingerprint density at radius 1 is 1.08 bits per heavy atom. The van der Waals surface area contributed by atoms with Crippen molar-refractivity contribution in [1.82, 2.24) is 0 Å². The molecular formula is C11H8S2. The second kappa shape index (κ2) is 2.82. The molecule has 0 aliphatic heterocycles. The van der Waals surface area contributed by atoms with Crippen LogP contribution in [-0.2, 0) is 6.42 Å². The average Bonchev–Trinajstić information content (AvgIpc) is 2.72. The smallest absolute Gasteiger partial charge is 0.0305 e. The lowest BCUT2D eigenvalue weighted by atomic mass is 10.1. The first-order valence-corrected chi connectivity index (χ1v) is 6.05. The quantitative estimate of drug-likeness (QED) is 0.521. The highest BCUT2D eigenvalue weighted by atomic mass is 32.1. The molecule has 0 radical (unpaired) electrons. The maximum absolute atomic E-state index is 2.26. The normalized spacial score (nSPS) is 13.5. The number of rotatable bonds is 0. The van der Waals surface area contributed by atoms with Gasteiger partial charge in [-0.25, -0.2) is 0 Å². The molecule has 0 atom stereocenters. The molecule has 0 bridgehead atoms. The van der Waals surface area contributed by atoms with E-state index in [1.807, 2.05) is 11.3 Å². The molecule has 0 saturated heterocycles. The molecule has 64 valence electrons. The van der Waals surface area contributed by atoms with Crippen molar-refractivity contribution in [2.24, 2.45) is 0 Å². The minimum atomic E-state index is 1.10. The Morgan fingerprint density at radius 2 is 2.08 bits per heavy atom. The zero-order valence-corrected chi connectivity index (χ0v) is 8.62. The maximum Gasteiger partial charge on any atom is 0.0305 e. The van der Waals surface area contributed by atoms with Gasteiger partial charge in [-0.2, -0.15) is 11.3 Å². The van der Waals surface area contributed by atoms with E-state index in [9.17, 15) is 0 Å². The standard InChI is InChI=1S/C11H8S2/c1-2-11-8(3-4-13-11)5-10-7-12-6-9(1)10/h1-4,6-7H,5H2.